The minimum Gasteiger partial charge on any atom is -0.442 e. The summed E-state index contributed by atoms with van der Waals surface area (Å²) in [5.41, 5.74) is 4.82. The molecule has 1 atom stereocenters. The molecule has 0 aliphatic carbocycles. The number of amides is 4. The molecule has 4 rings (SSSR count). The van der Waals surface area contributed by atoms with E-state index in [-0.39, 0.29) is 30.9 Å². The van der Waals surface area contributed by atoms with Crippen molar-refractivity contribution in [2.75, 3.05) is 54.9 Å². The summed E-state index contributed by atoms with van der Waals surface area (Å²) in [6, 6.07) is 13.9. The van der Waals surface area contributed by atoms with Crippen LogP contribution in [0.3, 0.4) is 0 Å². The second-order valence-corrected chi connectivity index (χ2v) is 8.65. The molecule has 2 aromatic carbocycles. The molecule has 0 spiro atoms. The highest BCUT2D eigenvalue weighted by atomic mass is 35.5. The minimum absolute atomic E-state index is 0.130. The summed E-state index contributed by atoms with van der Waals surface area (Å²) in [6.07, 6.45) is -1.16. The van der Waals surface area contributed by atoms with Crippen LogP contribution in [0.25, 0.3) is 0 Å². The van der Waals surface area contributed by atoms with Gasteiger partial charge in [-0.05, 0) is 23.8 Å². The maximum Gasteiger partial charge on any atom is 0.414 e. The van der Waals surface area contributed by atoms with Crippen LogP contribution in [0.1, 0.15) is 5.56 Å². The maximum absolute atomic E-state index is 15.1. The number of alkyl halides is 1. The van der Waals surface area contributed by atoms with E-state index in [1.807, 2.05) is 35.2 Å². The van der Waals surface area contributed by atoms with E-state index in [2.05, 4.69) is 16.1 Å². The Labute approximate surface area is 213 Å². The summed E-state index contributed by atoms with van der Waals surface area (Å²) in [4.78, 5) is 39.3. The predicted molar refractivity (Wildman–Crippen MR) is 133 cm³/mol. The zero-order valence-electron chi connectivity index (χ0n) is 19.6. The molecule has 2 aromatic rings. The number of ether oxygens (including phenoxy) is 1. The molecule has 0 bridgehead atoms. The molecule has 2 fully saturated rings. The Bertz CT molecular complexity index is 1090. The molecular weight excluding hydrogens is 491 g/mol. The summed E-state index contributed by atoms with van der Waals surface area (Å²) < 4.78 is 20.4. The van der Waals surface area contributed by atoms with Crippen molar-refractivity contribution in [1.82, 2.24) is 21.1 Å². The van der Waals surface area contributed by atoms with Gasteiger partial charge in [-0.15, -0.1) is 11.6 Å². The molecule has 2 aliphatic rings. The van der Waals surface area contributed by atoms with Gasteiger partial charge in [-0.25, -0.2) is 19.4 Å². The number of halogens is 2. The fourth-order valence-electron chi connectivity index (χ4n) is 4.05. The first-order valence-corrected chi connectivity index (χ1v) is 12.2. The molecule has 2 aliphatic heterocycles. The van der Waals surface area contributed by atoms with Crippen LogP contribution in [0.5, 0.6) is 0 Å². The van der Waals surface area contributed by atoms with Crippen LogP contribution in [0.15, 0.2) is 48.5 Å². The second kappa shape index (κ2) is 11.9. The Morgan fingerprint density at radius 3 is 2.67 bits per heavy atom. The third-order valence-corrected chi connectivity index (χ3v) is 6.16. The smallest absolute Gasteiger partial charge is 0.414 e. The van der Waals surface area contributed by atoms with E-state index in [0.717, 1.165) is 5.56 Å². The lowest BCUT2D eigenvalue weighted by Crippen LogP contribution is -2.48. The Balaban J connectivity index is 1.32. The summed E-state index contributed by atoms with van der Waals surface area (Å²) >= 11 is 5.46. The van der Waals surface area contributed by atoms with E-state index in [4.69, 9.17) is 16.3 Å². The Hall–Kier alpha value is -3.57. The SMILES string of the molecule is O=C(CCl)NC[C@H]1CN(c2ccc(N3CCNN(C(=O)NCc4ccccc4)CC3)c(F)c2)C(=O)O1. The molecule has 0 aromatic heterocycles. The van der Waals surface area contributed by atoms with Crippen LogP contribution in [0.2, 0.25) is 0 Å². The lowest BCUT2D eigenvalue weighted by Gasteiger charge is -2.24. The van der Waals surface area contributed by atoms with Gasteiger partial charge in [0.15, 0.2) is 0 Å². The number of urea groups is 1. The molecule has 3 N–H and O–H groups in total. The van der Waals surface area contributed by atoms with E-state index >= 15 is 4.39 Å². The molecule has 2 saturated heterocycles. The number of hydrogen-bond acceptors (Lipinski definition) is 6. The van der Waals surface area contributed by atoms with Crippen molar-refractivity contribution in [2.24, 2.45) is 0 Å². The van der Waals surface area contributed by atoms with Gasteiger partial charge in [-0.3, -0.25) is 14.7 Å². The van der Waals surface area contributed by atoms with Crippen LogP contribution in [-0.4, -0.2) is 74.3 Å². The van der Waals surface area contributed by atoms with Crippen molar-refractivity contribution in [3.05, 3.63) is 59.9 Å². The highest BCUT2D eigenvalue weighted by Gasteiger charge is 2.33. The summed E-state index contributed by atoms with van der Waals surface area (Å²) in [7, 11) is 0. The number of nitrogens with zero attached hydrogens (tertiary/aromatic N) is 3. The van der Waals surface area contributed by atoms with Crippen molar-refractivity contribution >= 4 is 41.0 Å². The summed E-state index contributed by atoms with van der Waals surface area (Å²) in [5.74, 6) is -1.03. The Kier molecular flexibility index (Phi) is 8.44. The average Bonchev–Trinajstić information content (AvgIpc) is 3.09. The number of carbonyl (C=O) groups excluding carboxylic acids is 3. The highest BCUT2D eigenvalue weighted by Crippen LogP contribution is 2.28. The zero-order valence-corrected chi connectivity index (χ0v) is 20.3. The first-order chi connectivity index (χ1) is 17.4. The summed E-state index contributed by atoms with van der Waals surface area (Å²) in [6.45, 7) is 2.45. The highest BCUT2D eigenvalue weighted by molar-refractivity contribution is 6.27. The number of nitrogens with one attached hydrogen (secondary N) is 3. The first kappa shape index (κ1) is 25.5. The molecule has 0 radical (unpaired) electrons. The van der Waals surface area contributed by atoms with Crippen molar-refractivity contribution < 1.29 is 23.5 Å². The van der Waals surface area contributed by atoms with Crippen molar-refractivity contribution in [2.45, 2.75) is 12.6 Å². The van der Waals surface area contributed by atoms with Crippen LogP contribution >= 0.6 is 11.6 Å². The number of hydrazine groups is 1. The number of carbonyl (C=O) groups is 3. The fourth-order valence-corrected chi connectivity index (χ4v) is 4.14. The van der Waals surface area contributed by atoms with E-state index in [0.29, 0.717) is 44.1 Å². The predicted octanol–water partition coefficient (Wildman–Crippen LogP) is 2.04. The van der Waals surface area contributed by atoms with Gasteiger partial charge in [-0.1, -0.05) is 30.3 Å². The number of hydrogen-bond donors (Lipinski definition) is 3. The topological polar surface area (TPSA) is 106 Å². The quantitative estimate of drug-likeness (QED) is 0.484. The number of rotatable bonds is 7. The van der Waals surface area contributed by atoms with Gasteiger partial charge >= 0.3 is 12.1 Å². The van der Waals surface area contributed by atoms with Crippen molar-refractivity contribution in [3.8, 4) is 0 Å². The molecule has 2 heterocycles. The molecule has 12 heteroatoms. The summed E-state index contributed by atoms with van der Waals surface area (Å²) in [5, 5.41) is 6.95. The second-order valence-electron chi connectivity index (χ2n) is 8.38. The van der Waals surface area contributed by atoms with Gasteiger partial charge in [0.05, 0.1) is 31.0 Å². The van der Waals surface area contributed by atoms with Gasteiger partial charge in [0.2, 0.25) is 5.91 Å². The fraction of sp³-hybridized carbons (Fsp3) is 0.375. The monoisotopic (exact) mass is 518 g/mol. The molecule has 10 nitrogen and oxygen atoms in total. The molecule has 0 saturated carbocycles. The van der Waals surface area contributed by atoms with E-state index in [1.54, 1.807) is 12.1 Å². The molecular formula is C24H28ClFN6O4. The lowest BCUT2D eigenvalue weighted by atomic mass is 10.2. The number of benzene rings is 2. The van der Waals surface area contributed by atoms with E-state index < -0.39 is 18.0 Å². The van der Waals surface area contributed by atoms with Crippen LogP contribution in [0, 0.1) is 5.82 Å². The largest absolute Gasteiger partial charge is 0.442 e. The third kappa shape index (κ3) is 6.35. The van der Waals surface area contributed by atoms with Gasteiger partial charge < -0.3 is 20.3 Å². The Morgan fingerprint density at radius 2 is 1.92 bits per heavy atom. The third-order valence-electron chi connectivity index (χ3n) is 5.92. The number of anilines is 2. The van der Waals surface area contributed by atoms with Crippen LogP contribution in [-0.2, 0) is 16.1 Å². The van der Waals surface area contributed by atoms with Crippen LogP contribution in [0.4, 0.5) is 25.4 Å². The standard InChI is InChI=1S/C24H28ClFN6O4/c25-13-22(33)27-15-19-16-31(24(35)36-19)18-6-7-21(20(26)12-18)30-9-8-29-32(11-10-30)23(34)28-14-17-4-2-1-3-5-17/h1-7,12,19,29H,8-11,13-16H2,(H,27,33)(H,28,34)/t19-/m0/s1. The van der Waals surface area contributed by atoms with Crippen LogP contribution < -0.4 is 25.9 Å². The van der Waals surface area contributed by atoms with Gasteiger partial charge in [0.1, 0.15) is 17.8 Å². The molecule has 0 unspecified atom stereocenters. The average molecular weight is 519 g/mol. The Morgan fingerprint density at radius 1 is 1.11 bits per heavy atom. The van der Waals surface area contributed by atoms with Crippen molar-refractivity contribution in [3.63, 3.8) is 0 Å². The van der Waals surface area contributed by atoms with E-state index in [1.165, 1.54) is 16.0 Å². The first-order valence-electron chi connectivity index (χ1n) is 11.6. The lowest BCUT2D eigenvalue weighted by molar-refractivity contribution is -0.119. The zero-order chi connectivity index (χ0) is 25.5. The van der Waals surface area contributed by atoms with Gasteiger partial charge in [0, 0.05) is 26.2 Å². The van der Waals surface area contributed by atoms with Crippen molar-refractivity contribution in [1.29, 1.82) is 0 Å². The minimum atomic E-state index is -0.608. The number of cyclic esters (lactones) is 1. The van der Waals surface area contributed by atoms with E-state index in [9.17, 15) is 14.4 Å². The normalized spacial score (nSPS) is 18.0. The molecule has 192 valence electrons. The maximum atomic E-state index is 15.1. The van der Waals surface area contributed by atoms with Gasteiger partial charge in [0.25, 0.3) is 0 Å². The molecule has 4 amide bonds. The molecule has 36 heavy (non-hydrogen) atoms. The van der Waals surface area contributed by atoms with Gasteiger partial charge in [-0.2, -0.15) is 0 Å².